The van der Waals surface area contributed by atoms with Crippen LogP contribution in [-0.4, -0.2) is 21.3 Å². The Kier molecular flexibility index (Phi) is 3.90. The highest BCUT2D eigenvalue weighted by Gasteiger charge is 2.11. The van der Waals surface area contributed by atoms with Crippen LogP contribution < -0.4 is 16.3 Å². The van der Waals surface area contributed by atoms with E-state index in [9.17, 15) is 4.79 Å². The quantitative estimate of drug-likeness (QED) is 0.840. The zero-order valence-corrected chi connectivity index (χ0v) is 12.2. The minimum absolute atomic E-state index is 0.0355. The fraction of sp³-hybridized carbons (Fsp3) is 0.385. The van der Waals surface area contributed by atoms with Gasteiger partial charge in [-0.25, -0.2) is 4.79 Å². The van der Waals surface area contributed by atoms with Gasteiger partial charge in [-0.2, -0.15) is 0 Å². The summed E-state index contributed by atoms with van der Waals surface area (Å²) in [5, 5.41) is 6.50. The van der Waals surface area contributed by atoms with Gasteiger partial charge < -0.3 is 10.6 Å². The molecule has 0 unspecified atom stereocenters. The molecule has 0 amide bonds. The fourth-order valence-corrected chi connectivity index (χ4v) is 2.32. The monoisotopic (exact) mass is 278 g/mol. The van der Waals surface area contributed by atoms with Crippen molar-refractivity contribution in [1.29, 1.82) is 0 Å². The predicted octanol–water partition coefficient (Wildman–Crippen LogP) is 1.76. The van der Waals surface area contributed by atoms with Crippen LogP contribution in [0.1, 0.15) is 13.8 Å². The molecule has 0 aliphatic heterocycles. The molecule has 0 aliphatic carbocycles. The topological polar surface area (TPSA) is 51.0 Å². The molecule has 0 bridgehead atoms. The molecule has 1 aromatic heterocycles. The van der Waals surface area contributed by atoms with Crippen LogP contribution in [0.25, 0.3) is 11.0 Å². The second kappa shape index (κ2) is 5.44. The zero-order chi connectivity index (χ0) is 14.0. The number of nitrogens with one attached hydrogen (secondary N) is 2. The van der Waals surface area contributed by atoms with Gasteiger partial charge in [0, 0.05) is 25.8 Å². The van der Waals surface area contributed by atoms with E-state index in [-0.39, 0.29) is 5.69 Å². The van der Waals surface area contributed by atoms with E-state index in [1.54, 1.807) is 16.2 Å². The predicted molar refractivity (Wildman–Crippen MR) is 82.8 cm³/mol. The molecule has 0 atom stereocenters. The van der Waals surface area contributed by atoms with E-state index >= 15 is 0 Å². The fourth-order valence-electron chi connectivity index (χ4n) is 2.20. The Morgan fingerprint density at radius 1 is 1.21 bits per heavy atom. The van der Waals surface area contributed by atoms with Gasteiger partial charge in [0.05, 0.1) is 11.0 Å². The van der Waals surface area contributed by atoms with Crippen molar-refractivity contribution in [2.75, 3.05) is 12.4 Å². The number of fused-ring (bicyclic) bond motifs is 1. The molecule has 2 aromatic rings. The van der Waals surface area contributed by atoms with E-state index in [0.717, 1.165) is 16.7 Å². The molecule has 2 rings (SSSR count). The molecular weight excluding hydrogens is 260 g/mol. The van der Waals surface area contributed by atoms with Gasteiger partial charge in [0.1, 0.15) is 0 Å². The lowest BCUT2D eigenvalue weighted by Crippen LogP contribution is -2.24. The van der Waals surface area contributed by atoms with E-state index in [0.29, 0.717) is 18.2 Å². The highest BCUT2D eigenvalue weighted by Crippen LogP contribution is 2.18. The Morgan fingerprint density at radius 3 is 2.42 bits per heavy atom. The molecule has 102 valence electrons. The Labute approximate surface area is 117 Å². The first kappa shape index (κ1) is 13.6. The van der Waals surface area contributed by atoms with Crippen molar-refractivity contribution in [3.8, 4) is 0 Å². The maximum Gasteiger partial charge on any atom is 0.329 e. The van der Waals surface area contributed by atoms with Crippen LogP contribution in [0, 0.1) is 0 Å². The van der Waals surface area contributed by atoms with Crippen LogP contribution in [-0.2, 0) is 13.1 Å². The summed E-state index contributed by atoms with van der Waals surface area (Å²) >= 11 is 5.08. The summed E-state index contributed by atoms with van der Waals surface area (Å²) in [6.07, 6.45) is 0. The SMILES string of the molecule is CCn1c(=O)n(CC)c2cc(NC(=S)NC)ccc21. The van der Waals surface area contributed by atoms with Gasteiger partial charge >= 0.3 is 5.69 Å². The van der Waals surface area contributed by atoms with Crippen molar-refractivity contribution < 1.29 is 0 Å². The largest absolute Gasteiger partial charge is 0.366 e. The summed E-state index contributed by atoms with van der Waals surface area (Å²) in [4.78, 5) is 12.2. The summed E-state index contributed by atoms with van der Waals surface area (Å²) < 4.78 is 3.55. The van der Waals surface area contributed by atoms with Gasteiger partial charge in [-0.05, 0) is 44.3 Å². The van der Waals surface area contributed by atoms with E-state index in [4.69, 9.17) is 12.2 Å². The number of hydrogen-bond acceptors (Lipinski definition) is 2. The van der Waals surface area contributed by atoms with E-state index in [2.05, 4.69) is 10.6 Å². The average Bonchev–Trinajstić information content (AvgIpc) is 2.68. The zero-order valence-electron chi connectivity index (χ0n) is 11.4. The molecule has 0 saturated heterocycles. The van der Waals surface area contributed by atoms with Gasteiger partial charge in [-0.3, -0.25) is 9.13 Å². The highest BCUT2D eigenvalue weighted by molar-refractivity contribution is 7.80. The summed E-state index contributed by atoms with van der Waals surface area (Å²) in [5.74, 6) is 0. The third kappa shape index (κ3) is 2.35. The molecule has 0 saturated carbocycles. The summed E-state index contributed by atoms with van der Waals surface area (Å²) in [7, 11) is 1.77. The van der Waals surface area contributed by atoms with Crippen LogP contribution in [0.3, 0.4) is 0 Å². The van der Waals surface area contributed by atoms with Crippen molar-refractivity contribution >= 4 is 34.1 Å². The van der Waals surface area contributed by atoms with Crippen molar-refractivity contribution in [1.82, 2.24) is 14.5 Å². The molecule has 1 heterocycles. The Morgan fingerprint density at radius 2 is 1.84 bits per heavy atom. The van der Waals surface area contributed by atoms with Crippen LogP contribution >= 0.6 is 12.2 Å². The third-order valence-corrected chi connectivity index (χ3v) is 3.44. The molecule has 2 N–H and O–H groups in total. The average molecular weight is 278 g/mol. The first-order valence-electron chi connectivity index (χ1n) is 6.34. The number of nitrogens with zero attached hydrogens (tertiary/aromatic N) is 2. The molecular formula is C13H18N4OS. The number of rotatable bonds is 3. The summed E-state index contributed by atoms with van der Waals surface area (Å²) in [6, 6.07) is 5.83. The van der Waals surface area contributed by atoms with Gasteiger partial charge in [0.15, 0.2) is 5.11 Å². The number of benzene rings is 1. The molecule has 19 heavy (non-hydrogen) atoms. The molecule has 0 aliphatic rings. The molecule has 0 fully saturated rings. The van der Waals surface area contributed by atoms with E-state index in [1.807, 2.05) is 32.0 Å². The number of anilines is 1. The summed E-state index contributed by atoms with van der Waals surface area (Å²) in [6.45, 7) is 5.27. The smallest absolute Gasteiger partial charge is 0.329 e. The lowest BCUT2D eigenvalue weighted by atomic mass is 10.2. The van der Waals surface area contributed by atoms with Crippen LogP contribution in [0.4, 0.5) is 5.69 Å². The lowest BCUT2D eigenvalue weighted by molar-refractivity contribution is 0.671. The third-order valence-electron chi connectivity index (χ3n) is 3.14. The first-order valence-corrected chi connectivity index (χ1v) is 6.75. The van der Waals surface area contributed by atoms with Crippen LogP contribution in [0.15, 0.2) is 23.0 Å². The molecule has 0 spiro atoms. The maximum absolute atomic E-state index is 12.2. The highest BCUT2D eigenvalue weighted by atomic mass is 32.1. The number of thiocarbonyl (C=S) groups is 1. The van der Waals surface area contributed by atoms with Crippen LogP contribution in [0.2, 0.25) is 0 Å². The van der Waals surface area contributed by atoms with Gasteiger partial charge in [0.2, 0.25) is 0 Å². The van der Waals surface area contributed by atoms with Crippen molar-refractivity contribution in [3.05, 3.63) is 28.7 Å². The van der Waals surface area contributed by atoms with Gasteiger partial charge in [-0.15, -0.1) is 0 Å². The molecule has 5 nitrogen and oxygen atoms in total. The summed E-state index contributed by atoms with van der Waals surface area (Å²) in [5.41, 5.74) is 2.80. The number of aryl methyl sites for hydroxylation is 2. The number of hydrogen-bond donors (Lipinski definition) is 2. The standard InChI is InChI=1S/C13H18N4OS/c1-4-16-10-7-6-9(15-12(19)14-3)8-11(10)17(5-2)13(16)18/h6-8H,4-5H2,1-3H3,(H2,14,15,19). The molecule has 6 heteroatoms. The van der Waals surface area contributed by atoms with E-state index in [1.165, 1.54) is 0 Å². The second-order valence-corrected chi connectivity index (χ2v) is 4.59. The van der Waals surface area contributed by atoms with Crippen LogP contribution in [0.5, 0.6) is 0 Å². The molecule has 0 radical (unpaired) electrons. The van der Waals surface area contributed by atoms with E-state index < -0.39 is 0 Å². The van der Waals surface area contributed by atoms with Crippen molar-refractivity contribution in [2.24, 2.45) is 0 Å². The van der Waals surface area contributed by atoms with Crippen molar-refractivity contribution in [2.45, 2.75) is 26.9 Å². The van der Waals surface area contributed by atoms with Gasteiger partial charge in [0.25, 0.3) is 0 Å². The normalized spacial score (nSPS) is 10.7. The lowest BCUT2D eigenvalue weighted by Gasteiger charge is -2.07. The van der Waals surface area contributed by atoms with Gasteiger partial charge in [-0.1, -0.05) is 0 Å². The number of imidazole rings is 1. The number of aromatic nitrogens is 2. The van der Waals surface area contributed by atoms with Crippen molar-refractivity contribution in [3.63, 3.8) is 0 Å². The Bertz CT molecular complexity index is 671. The molecule has 1 aromatic carbocycles. The Hall–Kier alpha value is -1.82. The first-order chi connectivity index (χ1) is 9.12. The second-order valence-electron chi connectivity index (χ2n) is 4.18. The minimum atomic E-state index is 0.0355. The minimum Gasteiger partial charge on any atom is -0.366 e. The maximum atomic E-state index is 12.2. The Balaban J connectivity index is 2.59.